The van der Waals surface area contributed by atoms with Gasteiger partial charge in [0.2, 0.25) is 0 Å². The largest absolute Gasteiger partial charge is 0.484 e. The van der Waals surface area contributed by atoms with E-state index in [-0.39, 0.29) is 30.6 Å². The van der Waals surface area contributed by atoms with Crippen LogP contribution in [0.4, 0.5) is 5.00 Å². The molecule has 0 saturated carbocycles. The van der Waals surface area contributed by atoms with Crippen LogP contribution < -0.4 is 26.0 Å². The zero-order valence-electron chi connectivity index (χ0n) is 17.2. The molecule has 30 heavy (non-hydrogen) atoms. The molecule has 164 valence electrons. The van der Waals surface area contributed by atoms with E-state index in [9.17, 15) is 4.79 Å². The van der Waals surface area contributed by atoms with Crippen molar-refractivity contribution in [3.05, 3.63) is 47.3 Å². The Labute approximate surface area is 199 Å². The number of thiophene rings is 1. The number of hydrogen-bond acceptors (Lipinski definition) is 5. The summed E-state index contributed by atoms with van der Waals surface area (Å²) >= 11 is 1.80. The number of aliphatic imine (C=N–C) groups is 1. The Morgan fingerprint density at radius 3 is 2.77 bits per heavy atom. The van der Waals surface area contributed by atoms with Gasteiger partial charge in [0.05, 0.1) is 11.5 Å². The number of carbonyl (C=O) groups is 1. The number of nitrogens with zero attached hydrogens (tertiary/aromatic N) is 2. The second kappa shape index (κ2) is 12.6. The summed E-state index contributed by atoms with van der Waals surface area (Å²) in [5.74, 6) is 0.957. The predicted molar refractivity (Wildman–Crippen MR) is 134 cm³/mol. The summed E-state index contributed by atoms with van der Waals surface area (Å²) in [7, 11) is 0. The van der Waals surface area contributed by atoms with Crippen molar-refractivity contribution in [2.45, 2.75) is 32.4 Å². The molecule has 1 aromatic carbocycles. The summed E-state index contributed by atoms with van der Waals surface area (Å²) in [6.07, 6.45) is 2.16. The fraction of sp³-hybridized carbons (Fsp3) is 0.429. The van der Waals surface area contributed by atoms with Crippen molar-refractivity contribution in [1.29, 1.82) is 0 Å². The normalized spacial score (nSPS) is 14.7. The lowest BCUT2D eigenvalue weighted by Crippen LogP contribution is -2.48. The van der Waals surface area contributed by atoms with E-state index in [0.29, 0.717) is 18.3 Å². The molecule has 0 unspecified atom stereocenters. The van der Waals surface area contributed by atoms with Gasteiger partial charge in [-0.15, -0.1) is 35.3 Å². The summed E-state index contributed by atoms with van der Waals surface area (Å²) in [6, 6.07) is 12.3. The topological polar surface area (TPSA) is 92.0 Å². The minimum Gasteiger partial charge on any atom is -0.484 e. The number of piperidine rings is 1. The van der Waals surface area contributed by atoms with E-state index < -0.39 is 5.91 Å². The third-order valence-electron chi connectivity index (χ3n) is 4.70. The average molecular weight is 543 g/mol. The maximum atomic E-state index is 10.9. The number of anilines is 1. The first-order chi connectivity index (χ1) is 14.1. The Morgan fingerprint density at radius 1 is 1.30 bits per heavy atom. The smallest absolute Gasteiger partial charge is 0.255 e. The van der Waals surface area contributed by atoms with E-state index in [1.54, 1.807) is 17.4 Å². The number of halogens is 1. The van der Waals surface area contributed by atoms with Gasteiger partial charge < -0.3 is 26.0 Å². The Balaban J connectivity index is 0.00000320. The first-order valence-electron chi connectivity index (χ1n) is 9.97. The van der Waals surface area contributed by atoms with Crippen LogP contribution in [-0.2, 0) is 11.3 Å². The van der Waals surface area contributed by atoms with Crippen molar-refractivity contribution in [2.24, 2.45) is 10.7 Å². The molecule has 0 bridgehead atoms. The highest BCUT2D eigenvalue weighted by Gasteiger charge is 2.20. The number of primary amides is 1. The van der Waals surface area contributed by atoms with Gasteiger partial charge >= 0.3 is 0 Å². The molecule has 4 N–H and O–H groups in total. The second-order valence-corrected chi connectivity index (χ2v) is 7.88. The van der Waals surface area contributed by atoms with Gasteiger partial charge in [-0.05, 0) is 55.0 Å². The highest BCUT2D eigenvalue weighted by molar-refractivity contribution is 14.0. The number of guanidine groups is 1. The molecule has 0 radical (unpaired) electrons. The molecular weight excluding hydrogens is 513 g/mol. The Kier molecular flexibility index (Phi) is 10.2. The van der Waals surface area contributed by atoms with Crippen LogP contribution in [-0.4, -0.2) is 44.1 Å². The highest BCUT2D eigenvalue weighted by atomic mass is 127. The number of rotatable bonds is 8. The summed E-state index contributed by atoms with van der Waals surface area (Å²) in [6.45, 7) is 5.38. The number of hydrogen-bond donors (Lipinski definition) is 3. The molecule has 9 heteroatoms. The van der Waals surface area contributed by atoms with Gasteiger partial charge in [0.25, 0.3) is 5.91 Å². The number of nitrogens with one attached hydrogen (secondary N) is 2. The number of ether oxygens (including phenoxy) is 1. The fourth-order valence-corrected chi connectivity index (χ4v) is 4.05. The Morgan fingerprint density at radius 2 is 2.10 bits per heavy atom. The molecule has 1 fully saturated rings. The maximum Gasteiger partial charge on any atom is 0.255 e. The molecule has 3 rings (SSSR count). The minimum atomic E-state index is -0.489. The zero-order chi connectivity index (χ0) is 20.5. The summed E-state index contributed by atoms with van der Waals surface area (Å²) in [5.41, 5.74) is 6.14. The van der Waals surface area contributed by atoms with Crippen LogP contribution >= 0.6 is 35.3 Å². The fourth-order valence-electron chi connectivity index (χ4n) is 3.27. The maximum absolute atomic E-state index is 10.9. The van der Waals surface area contributed by atoms with Crippen LogP contribution in [0.15, 0.2) is 46.8 Å². The molecule has 1 amide bonds. The van der Waals surface area contributed by atoms with E-state index >= 15 is 0 Å². The van der Waals surface area contributed by atoms with E-state index in [2.05, 4.69) is 40.0 Å². The highest BCUT2D eigenvalue weighted by Crippen LogP contribution is 2.24. The number of carbonyl (C=O) groups excluding carboxylic acids is 1. The van der Waals surface area contributed by atoms with Gasteiger partial charge in [-0.25, -0.2) is 4.99 Å². The third kappa shape index (κ3) is 7.67. The molecule has 7 nitrogen and oxygen atoms in total. The van der Waals surface area contributed by atoms with E-state index in [1.165, 1.54) is 5.00 Å². The molecular formula is C21H30IN5O2S. The lowest BCUT2D eigenvalue weighted by atomic mass is 10.1. The van der Waals surface area contributed by atoms with Gasteiger partial charge in [0, 0.05) is 25.7 Å². The minimum absolute atomic E-state index is 0. The van der Waals surface area contributed by atoms with Crippen LogP contribution in [0.25, 0.3) is 0 Å². The Hall–Kier alpha value is -2.01. The number of amides is 1. The van der Waals surface area contributed by atoms with E-state index in [0.717, 1.165) is 44.0 Å². The van der Waals surface area contributed by atoms with Crippen molar-refractivity contribution in [3.8, 4) is 5.75 Å². The molecule has 1 aliphatic heterocycles. The molecule has 1 saturated heterocycles. The zero-order valence-corrected chi connectivity index (χ0v) is 20.3. The van der Waals surface area contributed by atoms with Crippen molar-refractivity contribution in [1.82, 2.24) is 10.6 Å². The van der Waals surface area contributed by atoms with Crippen LogP contribution in [0.3, 0.4) is 0 Å². The predicted octanol–water partition coefficient (Wildman–Crippen LogP) is 2.95. The van der Waals surface area contributed by atoms with Gasteiger partial charge in [0.15, 0.2) is 12.6 Å². The van der Waals surface area contributed by atoms with Gasteiger partial charge in [-0.2, -0.15) is 0 Å². The lowest BCUT2D eigenvalue weighted by Gasteiger charge is -2.33. The van der Waals surface area contributed by atoms with Gasteiger partial charge in [-0.1, -0.05) is 12.1 Å². The second-order valence-electron chi connectivity index (χ2n) is 6.95. The summed E-state index contributed by atoms with van der Waals surface area (Å²) in [4.78, 5) is 18.0. The molecule has 1 aromatic heterocycles. The van der Waals surface area contributed by atoms with E-state index in [1.807, 2.05) is 18.2 Å². The van der Waals surface area contributed by atoms with Crippen molar-refractivity contribution < 1.29 is 9.53 Å². The van der Waals surface area contributed by atoms with Gasteiger partial charge in [0.1, 0.15) is 5.75 Å². The average Bonchev–Trinajstić information content (AvgIpc) is 3.26. The van der Waals surface area contributed by atoms with Crippen molar-refractivity contribution in [2.75, 3.05) is 31.1 Å². The van der Waals surface area contributed by atoms with Crippen LogP contribution in [0.2, 0.25) is 0 Å². The first kappa shape index (κ1) is 24.3. The molecule has 0 spiro atoms. The van der Waals surface area contributed by atoms with Crippen LogP contribution in [0, 0.1) is 0 Å². The number of nitrogens with two attached hydrogens (primary N) is 1. The number of benzene rings is 1. The molecule has 1 aliphatic rings. The standard InChI is InChI=1S/C21H29N5O2S.HI/c1-2-23-21(24-14-16-5-3-6-18(13-16)28-15-19(22)27)25-17-8-10-26(11-9-17)20-7-4-12-29-20;/h3-7,12-13,17H,2,8-11,14-15H2,1H3,(H2,22,27)(H2,23,24,25);1H. The lowest BCUT2D eigenvalue weighted by molar-refractivity contribution is -0.119. The van der Waals surface area contributed by atoms with Gasteiger partial charge in [-0.3, -0.25) is 4.79 Å². The van der Waals surface area contributed by atoms with Crippen LogP contribution in [0.1, 0.15) is 25.3 Å². The molecule has 0 atom stereocenters. The van der Waals surface area contributed by atoms with E-state index in [4.69, 9.17) is 15.5 Å². The summed E-state index contributed by atoms with van der Waals surface area (Å²) in [5, 5.41) is 10.4. The monoisotopic (exact) mass is 543 g/mol. The van der Waals surface area contributed by atoms with Crippen molar-refractivity contribution >= 4 is 52.2 Å². The van der Waals surface area contributed by atoms with Crippen LogP contribution in [0.5, 0.6) is 5.75 Å². The Bertz CT molecular complexity index is 807. The third-order valence-corrected chi connectivity index (χ3v) is 5.63. The van der Waals surface area contributed by atoms with Crippen molar-refractivity contribution in [3.63, 3.8) is 0 Å². The first-order valence-corrected chi connectivity index (χ1v) is 10.9. The SMILES string of the molecule is CCNC(=NCc1cccc(OCC(N)=O)c1)NC1CCN(c2cccs2)CC1.I. The summed E-state index contributed by atoms with van der Waals surface area (Å²) < 4.78 is 5.37. The molecule has 2 aromatic rings. The quantitative estimate of drug-likeness (QED) is 0.271. The molecule has 0 aliphatic carbocycles. The molecule has 2 heterocycles.